The molecule has 0 radical (unpaired) electrons. The first-order valence-corrected chi connectivity index (χ1v) is 6.87. The predicted molar refractivity (Wildman–Crippen MR) is 70.9 cm³/mol. The number of hydrogen-bond acceptors (Lipinski definition) is 4. The number of benzene rings is 1. The molecule has 1 fully saturated rings. The van der Waals surface area contributed by atoms with E-state index in [9.17, 15) is 4.79 Å². The molecule has 1 amide bonds. The second-order valence-electron chi connectivity index (χ2n) is 4.31. The monoisotopic (exact) mass is 267 g/mol. The maximum Gasteiger partial charge on any atom is 0.232 e. The van der Waals surface area contributed by atoms with Crippen LogP contribution >= 0.6 is 11.8 Å². The number of nitrogens with zero attached hydrogens (tertiary/aromatic N) is 1. The van der Waals surface area contributed by atoms with Gasteiger partial charge in [-0.15, -0.1) is 11.8 Å². The van der Waals surface area contributed by atoms with Gasteiger partial charge in [-0.1, -0.05) is 0 Å². The van der Waals surface area contributed by atoms with Gasteiger partial charge in [0.1, 0.15) is 5.75 Å². The molecule has 1 N–H and O–H groups in total. The van der Waals surface area contributed by atoms with Crippen molar-refractivity contribution in [2.45, 2.75) is 4.90 Å². The van der Waals surface area contributed by atoms with Gasteiger partial charge < -0.3 is 14.7 Å². The van der Waals surface area contributed by atoms with E-state index in [0.29, 0.717) is 18.8 Å². The molecule has 0 spiro atoms. The molecular weight excluding hydrogens is 250 g/mol. The van der Waals surface area contributed by atoms with E-state index in [2.05, 4.69) is 0 Å². The SMILES string of the molecule is COc1ccc(SCC(=O)N2CC(CO)C2)cc1. The molecule has 4 nitrogen and oxygen atoms in total. The predicted octanol–water partition coefficient (Wildman–Crippen LogP) is 1.24. The van der Waals surface area contributed by atoms with Gasteiger partial charge in [-0.05, 0) is 24.3 Å². The van der Waals surface area contributed by atoms with Gasteiger partial charge >= 0.3 is 0 Å². The summed E-state index contributed by atoms with van der Waals surface area (Å²) in [7, 11) is 1.63. The number of aliphatic hydroxyl groups excluding tert-OH is 1. The number of hydrogen-bond donors (Lipinski definition) is 1. The maximum absolute atomic E-state index is 11.8. The minimum Gasteiger partial charge on any atom is -0.497 e. The average Bonchev–Trinajstić information content (AvgIpc) is 2.36. The van der Waals surface area contributed by atoms with Crippen molar-refractivity contribution < 1.29 is 14.6 Å². The van der Waals surface area contributed by atoms with Crippen molar-refractivity contribution in [3.8, 4) is 5.75 Å². The van der Waals surface area contributed by atoms with Crippen LogP contribution in [0.4, 0.5) is 0 Å². The van der Waals surface area contributed by atoms with Crippen LogP contribution < -0.4 is 4.74 Å². The van der Waals surface area contributed by atoms with Crippen LogP contribution in [0.2, 0.25) is 0 Å². The van der Waals surface area contributed by atoms with Crippen molar-refractivity contribution in [1.82, 2.24) is 4.90 Å². The van der Waals surface area contributed by atoms with Crippen molar-refractivity contribution in [2.24, 2.45) is 5.92 Å². The molecule has 1 saturated heterocycles. The van der Waals surface area contributed by atoms with Crippen LogP contribution in [0.15, 0.2) is 29.2 Å². The Bertz CT molecular complexity index is 401. The van der Waals surface area contributed by atoms with Crippen molar-refractivity contribution in [3.63, 3.8) is 0 Å². The van der Waals surface area contributed by atoms with E-state index in [-0.39, 0.29) is 18.4 Å². The molecule has 98 valence electrons. The summed E-state index contributed by atoms with van der Waals surface area (Å²) in [6.07, 6.45) is 0. The maximum atomic E-state index is 11.8. The summed E-state index contributed by atoms with van der Waals surface area (Å²) in [6.45, 7) is 1.56. The zero-order valence-electron chi connectivity index (χ0n) is 10.3. The molecular formula is C13H17NO3S. The Balaban J connectivity index is 1.75. The number of carbonyl (C=O) groups is 1. The second kappa shape index (κ2) is 6.11. The zero-order valence-corrected chi connectivity index (χ0v) is 11.2. The standard InChI is InChI=1S/C13H17NO3S/c1-17-11-2-4-12(5-3-11)18-9-13(16)14-6-10(7-14)8-15/h2-5,10,15H,6-9H2,1H3. The first-order valence-electron chi connectivity index (χ1n) is 5.88. The lowest BCUT2D eigenvalue weighted by Crippen LogP contribution is -2.51. The molecule has 2 rings (SSSR count). The average molecular weight is 267 g/mol. The minimum atomic E-state index is 0.139. The summed E-state index contributed by atoms with van der Waals surface area (Å²) in [5.41, 5.74) is 0. The molecule has 5 heteroatoms. The number of likely N-dealkylation sites (tertiary alicyclic amines) is 1. The third kappa shape index (κ3) is 3.17. The molecule has 18 heavy (non-hydrogen) atoms. The van der Waals surface area contributed by atoms with Crippen LogP contribution in [0.3, 0.4) is 0 Å². The largest absolute Gasteiger partial charge is 0.497 e. The Morgan fingerprint density at radius 1 is 1.44 bits per heavy atom. The number of carbonyl (C=O) groups excluding carboxylic acids is 1. The molecule has 1 aliphatic rings. The Morgan fingerprint density at radius 3 is 2.67 bits per heavy atom. The summed E-state index contributed by atoms with van der Waals surface area (Å²) in [6, 6.07) is 7.67. The van der Waals surface area contributed by atoms with Gasteiger partial charge in [-0.3, -0.25) is 4.79 Å². The second-order valence-corrected chi connectivity index (χ2v) is 5.36. The third-order valence-corrected chi connectivity index (χ3v) is 3.99. The van der Waals surface area contributed by atoms with Gasteiger partial charge in [0.15, 0.2) is 0 Å². The molecule has 1 aromatic rings. The fourth-order valence-electron chi connectivity index (χ4n) is 1.80. The summed E-state index contributed by atoms with van der Waals surface area (Å²) in [5.74, 6) is 1.68. The smallest absolute Gasteiger partial charge is 0.232 e. The number of ether oxygens (including phenoxy) is 1. The fraction of sp³-hybridized carbons (Fsp3) is 0.462. The van der Waals surface area contributed by atoms with Crippen LogP contribution in [0.5, 0.6) is 5.75 Å². The molecule has 1 heterocycles. The van der Waals surface area contributed by atoms with E-state index < -0.39 is 0 Å². The van der Waals surface area contributed by atoms with E-state index in [1.807, 2.05) is 24.3 Å². The molecule has 0 unspecified atom stereocenters. The number of thioether (sulfide) groups is 1. The topological polar surface area (TPSA) is 49.8 Å². The zero-order chi connectivity index (χ0) is 13.0. The summed E-state index contributed by atoms with van der Waals surface area (Å²) >= 11 is 1.52. The number of aliphatic hydroxyl groups is 1. The van der Waals surface area contributed by atoms with Gasteiger partial charge in [0.25, 0.3) is 0 Å². The molecule has 0 bridgehead atoms. The van der Waals surface area contributed by atoms with Crippen molar-refractivity contribution in [2.75, 3.05) is 32.6 Å². The molecule has 0 aliphatic carbocycles. The van der Waals surface area contributed by atoms with E-state index in [0.717, 1.165) is 10.6 Å². The van der Waals surface area contributed by atoms with Gasteiger partial charge in [0.2, 0.25) is 5.91 Å². The third-order valence-electron chi connectivity index (χ3n) is 2.99. The van der Waals surface area contributed by atoms with Crippen LogP contribution in [-0.4, -0.2) is 48.5 Å². The van der Waals surface area contributed by atoms with Crippen LogP contribution in [0.25, 0.3) is 0 Å². The summed E-state index contributed by atoms with van der Waals surface area (Å²) < 4.78 is 5.08. The first-order chi connectivity index (χ1) is 8.72. The Labute approximate surface area is 111 Å². The quantitative estimate of drug-likeness (QED) is 0.815. The Kier molecular flexibility index (Phi) is 4.49. The molecule has 0 saturated carbocycles. The highest BCUT2D eigenvalue weighted by atomic mass is 32.2. The molecule has 1 aliphatic heterocycles. The molecule has 1 aromatic carbocycles. The summed E-state index contributed by atoms with van der Waals surface area (Å²) in [4.78, 5) is 14.6. The van der Waals surface area contributed by atoms with Gasteiger partial charge in [0.05, 0.1) is 12.9 Å². The van der Waals surface area contributed by atoms with Gasteiger partial charge in [0, 0.05) is 30.5 Å². The van der Waals surface area contributed by atoms with E-state index in [4.69, 9.17) is 9.84 Å². The Hall–Kier alpha value is -1.20. The first kappa shape index (κ1) is 13.2. The van der Waals surface area contributed by atoms with Gasteiger partial charge in [-0.25, -0.2) is 0 Å². The fourth-order valence-corrected chi connectivity index (χ4v) is 2.60. The number of amides is 1. The number of rotatable bonds is 5. The van der Waals surface area contributed by atoms with E-state index >= 15 is 0 Å². The van der Waals surface area contributed by atoms with Crippen molar-refractivity contribution in [1.29, 1.82) is 0 Å². The summed E-state index contributed by atoms with van der Waals surface area (Å²) in [5, 5.41) is 8.89. The minimum absolute atomic E-state index is 0.139. The van der Waals surface area contributed by atoms with Crippen molar-refractivity contribution >= 4 is 17.7 Å². The lowest BCUT2D eigenvalue weighted by molar-refractivity contribution is -0.135. The normalized spacial score (nSPS) is 15.3. The highest BCUT2D eigenvalue weighted by Crippen LogP contribution is 2.23. The van der Waals surface area contributed by atoms with E-state index in [1.165, 1.54) is 11.8 Å². The lowest BCUT2D eigenvalue weighted by atomic mass is 10.0. The van der Waals surface area contributed by atoms with Crippen LogP contribution in [0.1, 0.15) is 0 Å². The van der Waals surface area contributed by atoms with Gasteiger partial charge in [-0.2, -0.15) is 0 Å². The highest BCUT2D eigenvalue weighted by Gasteiger charge is 2.29. The number of methoxy groups -OCH3 is 1. The lowest BCUT2D eigenvalue weighted by Gasteiger charge is -2.38. The van der Waals surface area contributed by atoms with E-state index in [1.54, 1.807) is 12.0 Å². The Morgan fingerprint density at radius 2 is 2.11 bits per heavy atom. The molecule has 0 aromatic heterocycles. The molecule has 0 atom stereocenters. The highest BCUT2D eigenvalue weighted by molar-refractivity contribution is 8.00. The van der Waals surface area contributed by atoms with Crippen molar-refractivity contribution in [3.05, 3.63) is 24.3 Å². The van der Waals surface area contributed by atoms with Crippen LogP contribution in [0, 0.1) is 5.92 Å². The van der Waals surface area contributed by atoms with Crippen LogP contribution in [-0.2, 0) is 4.79 Å².